The van der Waals surface area contributed by atoms with Crippen molar-refractivity contribution in [2.45, 2.75) is 37.8 Å². The first kappa shape index (κ1) is 17.0. The van der Waals surface area contributed by atoms with E-state index in [4.69, 9.17) is 9.15 Å². The van der Waals surface area contributed by atoms with Gasteiger partial charge in [0.05, 0.1) is 17.7 Å². The normalized spacial score (nSPS) is 17.1. The molecule has 1 aliphatic heterocycles. The second-order valence-electron chi connectivity index (χ2n) is 7.50. The average Bonchev–Trinajstić information content (AvgIpc) is 3.46. The molecule has 2 aliphatic rings. The van der Waals surface area contributed by atoms with Crippen molar-refractivity contribution >= 4 is 5.91 Å². The SMILES string of the molecule is O=C(N1CCc2nc(COc3ccccc3)oc2C1)C1(c2ccccc2)CC1. The van der Waals surface area contributed by atoms with Crippen molar-refractivity contribution < 1.29 is 13.9 Å². The van der Waals surface area contributed by atoms with Crippen LogP contribution in [0.4, 0.5) is 0 Å². The summed E-state index contributed by atoms with van der Waals surface area (Å²) >= 11 is 0. The molecule has 28 heavy (non-hydrogen) atoms. The first-order chi connectivity index (χ1) is 13.7. The van der Waals surface area contributed by atoms with Crippen LogP contribution in [-0.4, -0.2) is 22.3 Å². The predicted octanol–water partition coefficient (Wildman–Crippen LogP) is 3.87. The second-order valence-corrected chi connectivity index (χ2v) is 7.50. The molecule has 0 atom stereocenters. The van der Waals surface area contributed by atoms with Crippen LogP contribution in [0.2, 0.25) is 0 Å². The summed E-state index contributed by atoms with van der Waals surface area (Å²) in [6, 6.07) is 19.7. The molecule has 1 fully saturated rings. The lowest BCUT2D eigenvalue weighted by molar-refractivity contribution is -0.135. The van der Waals surface area contributed by atoms with E-state index in [1.165, 1.54) is 0 Å². The van der Waals surface area contributed by atoms with Crippen molar-refractivity contribution in [1.29, 1.82) is 0 Å². The van der Waals surface area contributed by atoms with Gasteiger partial charge in [-0.05, 0) is 30.5 Å². The Morgan fingerprint density at radius 2 is 1.79 bits per heavy atom. The van der Waals surface area contributed by atoms with Crippen LogP contribution in [0.25, 0.3) is 0 Å². The molecule has 0 radical (unpaired) electrons. The summed E-state index contributed by atoms with van der Waals surface area (Å²) in [7, 11) is 0. The minimum absolute atomic E-state index is 0.211. The summed E-state index contributed by atoms with van der Waals surface area (Å²) in [4.78, 5) is 19.7. The van der Waals surface area contributed by atoms with Crippen molar-refractivity contribution in [2.24, 2.45) is 0 Å². The summed E-state index contributed by atoms with van der Waals surface area (Å²) in [5, 5.41) is 0. The van der Waals surface area contributed by atoms with Crippen LogP contribution >= 0.6 is 0 Å². The van der Waals surface area contributed by atoms with E-state index in [9.17, 15) is 4.79 Å². The lowest BCUT2D eigenvalue weighted by Gasteiger charge is -2.29. The molecule has 0 spiro atoms. The highest BCUT2D eigenvalue weighted by Gasteiger charge is 2.53. The van der Waals surface area contributed by atoms with Gasteiger partial charge in [-0.25, -0.2) is 4.98 Å². The van der Waals surface area contributed by atoms with Crippen molar-refractivity contribution in [2.75, 3.05) is 6.54 Å². The van der Waals surface area contributed by atoms with Gasteiger partial charge in [0.1, 0.15) is 11.5 Å². The highest BCUT2D eigenvalue weighted by molar-refractivity contribution is 5.91. The van der Waals surface area contributed by atoms with Crippen molar-refractivity contribution in [3.8, 4) is 5.75 Å². The fraction of sp³-hybridized carbons (Fsp3) is 0.304. The van der Waals surface area contributed by atoms with Gasteiger partial charge in [0.2, 0.25) is 11.8 Å². The van der Waals surface area contributed by atoms with Crippen LogP contribution in [-0.2, 0) is 29.8 Å². The molecule has 1 amide bonds. The molecule has 0 unspecified atom stereocenters. The Balaban J connectivity index is 1.28. The maximum absolute atomic E-state index is 13.2. The Morgan fingerprint density at radius 3 is 2.50 bits per heavy atom. The van der Waals surface area contributed by atoms with E-state index in [2.05, 4.69) is 17.1 Å². The third-order valence-electron chi connectivity index (χ3n) is 5.65. The summed E-state index contributed by atoms with van der Waals surface area (Å²) in [5.74, 6) is 2.35. The topological polar surface area (TPSA) is 55.6 Å². The number of hydrogen-bond donors (Lipinski definition) is 0. The first-order valence-corrected chi connectivity index (χ1v) is 9.75. The van der Waals surface area contributed by atoms with Crippen LogP contribution in [0.5, 0.6) is 5.75 Å². The predicted molar refractivity (Wildman–Crippen MR) is 104 cm³/mol. The third-order valence-corrected chi connectivity index (χ3v) is 5.65. The molecular formula is C23H22N2O3. The number of carbonyl (C=O) groups excluding carboxylic acids is 1. The summed E-state index contributed by atoms with van der Waals surface area (Å²) in [5.41, 5.74) is 1.73. The van der Waals surface area contributed by atoms with Crippen molar-refractivity contribution in [3.05, 3.63) is 83.6 Å². The molecule has 2 aromatic carbocycles. The van der Waals surface area contributed by atoms with E-state index in [1.54, 1.807) is 0 Å². The standard InChI is InChI=1S/C23H22N2O3/c26-22(23(12-13-23)17-7-3-1-4-8-17)25-14-11-19-20(15-25)28-21(24-19)16-27-18-9-5-2-6-10-18/h1-10H,11-16H2. The number of aromatic nitrogens is 1. The molecule has 3 aromatic rings. The Morgan fingerprint density at radius 1 is 1.07 bits per heavy atom. The number of hydrogen-bond acceptors (Lipinski definition) is 4. The third kappa shape index (κ3) is 3.07. The van der Waals surface area contributed by atoms with Crippen LogP contribution in [0.15, 0.2) is 65.1 Å². The number of rotatable bonds is 5. The molecule has 5 nitrogen and oxygen atoms in total. The van der Waals surface area contributed by atoms with E-state index < -0.39 is 0 Å². The van der Waals surface area contributed by atoms with Gasteiger partial charge < -0.3 is 14.1 Å². The van der Waals surface area contributed by atoms with Gasteiger partial charge >= 0.3 is 0 Å². The number of fused-ring (bicyclic) bond motifs is 1. The van der Waals surface area contributed by atoms with Crippen LogP contribution in [0, 0.1) is 0 Å². The number of amides is 1. The van der Waals surface area contributed by atoms with Gasteiger partial charge in [-0.15, -0.1) is 0 Å². The molecule has 0 bridgehead atoms. The Bertz CT molecular complexity index is 978. The second kappa shape index (κ2) is 6.82. The van der Waals surface area contributed by atoms with E-state index in [-0.39, 0.29) is 11.3 Å². The number of carbonyl (C=O) groups is 1. The van der Waals surface area contributed by atoms with Gasteiger partial charge in [-0.3, -0.25) is 4.79 Å². The molecule has 2 heterocycles. The first-order valence-electron chi connectivity index (χ1n) is 9.75. The summed E-state index contributed by atoms with van der Waals surface area (Å²) in [6.07, 6.45) is 2.57. The van der Waals surface area contributed by atoms with Crippen molar-refractivity contribution in [1.82, 2.24) is 9.88 Å². The summed E-state index contributed by atoms with van der Waals surface area (Å²) in [6.45, 7) is 1.46. The molecule has 1 saturated carbocycles. The molecular weight excluding hydrogens is 352 g/mol. The Hall–Kier alpha value is -3.08. The molecule has 0 saturated heterocycles. The number of benzene rings is 2. The zero-order valence-corrected chi connectivity index (χ0v) is 15.6. The van der Waals surface area contributed by atoms with E-state index in [0.717, 1.165) is 42.0 Å². The lowest BCUT2D eigenvalue weighted by atomic mass is 9.93. The minimum Gasteiger partial charge on any atom is -0.484 e. The zero-order valence-electron chi connectivity index (χ0n) is 15.6. The average molecular weight is 374 g/mol. The molecule has 1 aliphatic carbocycles. The highest BCUT2D eigenvalue weighted by atomic mass is 16.5. The van der Waals surface area contributed by atoms with Crippen LogP contribution in [0.3, 0.4) is 0 Å². The maximum atomic E-state index is 13.2. The molecule has 1 aromatic heterocycles. The minimum atomic E-state index is -0.335. The Kier molecular flexibility index (Phi) is 4.15. The van der Waals surface area contributed by atoms with E-state index in [0.29, 0.717) is 25.6 Å². The van der Waals surface area contributed by atoms with E-state index >= 15 is 0 Å². The molecule has 5 heteroatoms. The maximum Gasteiger partial charge on any atom is 0.233 e. The lowest BCUT2D eigenvalue weighted by Crippen LogP contribution is -2.42. The number of oxazole rings is 1. The molecule has 0 N–H and O–H groups in total. The smallest absolute Gasteiger partial charge is 0.233 e. The fourth-order valence-corrected chi connectivity index (χ4v) is 3.96. The zero-order chi connectivity index (χ0) is 19.0. The largest absolute Gasteiger partial charge is 0.484 e. The highest BCUT2D eigenvalue weighted by Crippen LogP contribution is 2.50. The quantitative estimate of drug-likeness (QED) is 0.680. The van der Waals surface area contributed by atoms with Crippen LogP contribution < -0.4 is 4.74 Å². The van der Waals surface area contributed by atoms with Gasteiger partial charge in [0, 0.05) is 13.0 Å². The Labute approximate surface area is 164 Å². The van der Waals surface area contributed by atoms with Gasteiger partial charge in [-0.1, -0.05) is 48.5 Å². The fourth-order valence-electron chi connectivity index (χ4n) is 3.96. The van der Waals surface area contributed by atoms with Gasteiger partial charge in [0.25, 0.3) is 0 Å². The number of ether oxygens (including phenoxy) is 1. The number of para-hydroxylation sites is 1. The van der Waals surface area contributed by atoms with Gasteiger partial charge in [0.15, 0.2) is 6.61 Å². The van der Waals surface area contributed by atoms with Crippen molar-refractivity contribution in [3.63, 3.8) is 0 Å². The molecule has 142 valence electrons. The number of nitrogens with zero attached hydrogens (tertiary/aromatic N) is 2. The van der Waals surface area contributed by atoms with E-state index in [1.807, 2.05) is 53.4 Å². The van der Waals surface area contributed by atoms with Gasteiger partial charge in [-0.2, -0.15) is 0 Å². The summed E-state index contributed by atoms with van der Waals surface area (Å²) < 4.78 is 11.6. The van der Waals surface area contributed by atoms with Crippen LogP contribution in [0.1, 0.15) is 35.7 Å². The molecule has 5 rings (SSSR count). The monoisotopic (exact) mass is 374 g/mol.